The molecule has 0 spiro atoms. The minimum atomic E-state index is -0.115. The number of hydrogen-bond donors (Lipinski definition) is 0. The van der Waals surface area contributed by atoms with Gasteiger partial charge in [-0.2, -0.15) is 5.10 Å². The average molecular weight is 357 g/mol. The van der Waals surface area contributed by atoms with Crippen LogP contribution in [0, 0.1) is 13.8 Å². The summed E-state index contributed by atoms with van der Waals surface area (Å²) in [4.78, 5) is 21.5. The van der Waals surface area contributed by atoms with Gasteiger partial charge in [-0.15, -0.1) is 0 Å². The molecule has 2 heterocycles. The monoisotopic (exact) mass is 357 g/mol. The molecule has 7 heteroatoms. The summed E-state index contributed by atoms with van der Waals surface area (Å²) in [6, 6.07) is 5.96. The van der Waals surface area contributed by atoms with E-state index >= 15 is 0 Å². The molecule has 0 aliphatic rings. The van der Waals surface area contributed by atoms with Gasteiger partial charge in [-0.1, -0.05) is 17.4 Å². The Hall–Kier alpha value is -2.25. The zero-order valence-electron chi connectivity index (χ0n) is 15.3. The van der Waals surface area contributed by atoms with Crippen LogP contribution in [-0.4, -0.2) is 52.8 Å². The van der Waals surface area contributed by atoms with E-state index in [1.54, 1.807) is 33.2 Å². The van der Waals surface area contributed by atoms with Crippen LogP contribution in [0.4, 0.5) is 5.13 Å². The topological polar surface area (TPSA) is 54.3 Å². The number of likely N-dealkylation sites (N-methyl/N-ethyl adjacent to an activating group) is 1. The Balaban J connectivity index is 2.01. The van der Waals surface area contributed by atoms with E-state index in [-0.39, 0.29) is 5.91 Å². The summed E-state index contributed by atoms with van der Waals surface area (Å²) in [6.45, 7) is 5.48. The zero-order chi connectivity index (χ0) is 18.1. The Morgan fingerprint density at radius 1 is 1.24 bits per heavy atom. The largest absolute Gasteiger partial charge is 0.308 e. The fourth-order valence-electron chi connectivity index (χ4n) is 2.73. The van der Waals surface area contributed by atoms with Crippen molar-refractivity contribution in [3.05, 3.63) is 41.2 Å². The maximum atomic E-state index is 13.0. The summed E-state index contributed by atoms with van der Waals surface area (Å²) in [6.07, 6.45) is 1.78. The number of anilines is 1. The number of benzene rings is 1. The van der Waals surface area contributed by atoms with Crippen LogP contribution in [0.1, 0.15) is 21.6 Å². The van der Waals surface area contributed by atoms with Crippen molar-refractivity contribution >= 4 is 32.6 Å². The van der Waals surface area contributed by atoms with Crippen LogP contribution in [0.2, 0.25) is 0 Å². The molecule has 0 fully saturated rings. The molecule has 0 saturated heterocycles. The lowest BCUT2D eigenvalue weighted by Crippen LogP contribution is -2.37. The van der Waals surface area contributed by atoms with Gasteiger partial charge in [0.05, 0.1) is 10.2 Å². The molecular weight excluding hydrogens is 334 g/mol. The second-order valence-electron chi connectivity index (χ2n) is 6.56. The minimum Gasteiger partial charge on any atom is -0.308 e. The van der Waals surface area contributed by atoms with Gasteiger partial charge in [0, 0.05) is 26.3 Å². The standard InChI is InChI=1S/C18H23N5OS/c1-12-10-13(2)16-15(11-12)19-18(25-16)23(9-8-21(3)4)17(24)14-6-7-22(5)20-14/h6-7,10-11H,8-9H2,1-5H3. The minimum absolute atomic E-state index is 0.115. The van der Waals surface area contributed by atoms with Gasteiger partial charge in [-0.05, 0) is 51.2 Å². The first-order valence-electron chi connectivity index (χ1n) is 8.19. The smallest absolute Gasteiger partial charge is 0.280 e. The fourth-order valence-corrected chi connectivity index (χ4v) is 3.77. The summed E-state index contributed by atoms with van der Waals surface area (Å²) >= 11 is 1.56. The van der Waals surface area contributed by atoms with E-state index in [1.807, 2.05) is 21.1 Å². The molecule has 3 aromatic rings. The molecule has 25 heavy (non-hydrogen) atoms. The lowest BCUT2D eigenvalue weighted by atomic mass is 10.1. The van der Waals surface area contributed by atoms with Crippen molar-refractivity contribution in [3.8, 4) is 0 Å². The van der Waals surface area contributed by atoms with Crippen LogP contribution in [0.5, 0.6) is 0 Å². The molecule has 0 atom stereocenters. The van der Waals surface area contributed by atoms with E-state index in [0.29, 0.717) is 12.2 Å². The molecule has 0 aliphatic carbocycles. The second kappa shape index (κ2) is 6.93. The lowest BCUT2D eigenvalue weighted by molar-refractivity contribution is 0.0979. The fraction of sp³-hybridized carbons (Fsp3) is 0.389. The summed E-state index contributed by atoms with van der Waals surface area (Å²) in [7, 11) is 5.80. The molecule has 0 unspecified atom stereocenters. The molecule has 2 aromatic heterocycles. The molecule has 0 N–H and O–H groups in total. The molecule has 6 nitrogen and oxygen atoms in total. The third-order valence-electron chi connectivity index (χ3n) is 3.99. The zero-order valence-corrected chi connectivity index (χ0v) is 16.1. The number of aromatic nitrogens is 3. The summed E-state index contributed by atoms with van der Waals surface area (Å²) in [5, 5.41) is 4.98. The number of carbonyl (C=O) groups excluding carboxylic acids is 1. The van der Waals surface area contributed by atoms with Gasteiger partial charge < -0.3 is 4.90 Å². The van der Waals surface area contributed by atoms with Crippen molar-refractivity contribution in [2.75, 3.05) is 32.1 Å². The van der Waals surface area contributed by atoms with Gasteiger partial charge in [0.15, 0.2) is 10.8 Å². The van der Waals surface area contributed by atoms with Crippen molar-refractivity contribution in [1.29, 1.82) is 0 Å². The number of aryl methyl sites for hydroxylation is 3. The summed E-state index contributed by atoms with van der Waals surface area (Å²) in [5.41, 5.74) is 3.75. The van der Waals surface area contributed by atoms with Crippen molar-refractivity contribution in [2.24, 2.45) is 7.05 Å². The maximum absolute atomic E-state index is 13.0. The molecule has 1 amide bonds. The number of amides is 1. The van der Waals surface area contributed by atoms with E-state index in [1.165, 1.54) is 11.1 Å². The molecule has 0 bridgehead atoms. The van der Waals surface area contributed by atoms with E-state index in [9.17, 15) is 4.79 Å². The van der Waals surface area contributed by atoms with E-state index in [4.69, 9.17) is 4.98 Å². The first-order chi connectivity index (χ1) is 11.8. The molecular formula is C18H23N5OS. The number of carbonyl (C=O) groups is 1. The van der Waals surface area contributed by atoms with Gasteiger partial charge >= 0.3 is 0 Å². The highest BCUT2D eigenvalue weighted by atomic mass is 32.1. The molecule has 132 valence electrons. The second-order valence-corrected chi connectivity index (χ2v) is 7.54. The number of rotatable bonds is 5. The number of fused-ring (bicyclic) bond motifs is 1. The number of thiazole rings is 1. The highest BCUT2D eigenvalue weighted by Crippen LogP contribution is 2.32. The maximum Gasteiger partial charge on any atom is 0.280 e. The predicted molar refractivity (Wildman–Crippen MR) is 103 cm³/mol. The Labute approximate surface area is 151 Å². The highest BCUT2D eigenvalue weighted by Gasteiger charge is 2.23. The molecule has 0 saturated carbocycles. The van der Waals surface area contributed by atoms with E-state index in [2.05, 4.69) is 36.0 Å². The quantitative estimate of drug-likeness (QED) is 0.705. The Bertz CT molecular complexity index is 911. The third-order valence-corrected chi connectivity index (χ3v) is 5.22. The van der Waals surface area contributed by atoms with Crippen molar-refractivity contribution in [2.45, 2.75) is 13.8 Å². The Morgan fingerprint density at radius 2 is 2.00 bits per heavy atom. The van der Waals surface area contributed by atoms with Crippen molar-refractivity contribution in [1.82, 2.24) is 19.7 Å². The third kappa shape index (κ3) is 3.72. The van der Waals surface area contributed by atoms with Gasteiger partial charge in [0.25, 0.3) is 5.91 Å². The predicted octanol–water partition coefficient (Wildman–Crippen LogP) is 2.86. The highest BCUT2D eigenvalue weighted by molar-refractivity contribution is 7.22. The van der Waals surface area contributed by atoms with Crippen LogP contribution >= 0.6 is 11.3 Å². The average Bonchev–Trinajstić information content (AvgIpc) is 3.13. The van der Waals surface area contributed by atoms with Gasteiger partial charge in [0.1, 0.15) is 0 Å². The van der Waals surface area contributed by atoms with Crippen LogP contribution in [-0.2, 0) is 7.05 Å². The SMILES string of the molecule is Cc1cc(C)c2sc(N(CCN(C)C)C(=O)c3ccn(C)n3)nc2c1. The van der Waals surface area contributed by atoms with Gasteiger partial charge in [-0.25, -0.2) is 4.98 Å². The summed E-state index contributed by atoms with van der Waals surface area (Å²) in [5.74, 6) is -0.115. The van der Waals surface area contributed by atoms with Crippen LogP contribution in [0.25, 0.3) is 10.2 Å². The molecule has 1 aromatic carbocycles. The lowest BCUT2D eigenvalue weighted by Gasteiger charge is -2.21. The van der Waals surface area contributed by atoms with Crippen LogP contribution in [0.3, 0.4) is 0 Å². The van der Waals surface area contributed by atoms with E-state index in [0.717, 1.165) is 21.9 Å². The Morgan fingerprint density at radius 3 is 2.64 bits per heavy atom. The van der Waals surface area contributed by atoms with Crippen LogP contribution in [0.15, 0.2) is 24.4 Å². The first-order valence-corrected chi connectivity index (χ1v) is 9.01. The van der Waals surface area contributed by atoms with Crippen molar-refractivity contribution in [3.63, 3.8) is 0 Å². The van der Waals surface area contributed by atoms with Gasteiger partial charge in [0.2, 0.25) is 0 Å². The first kappa shape index (κ1) is 17.6. The van der Waals surface area contributed by atoms with Gasteiger partial charge in [-0.3, -0.25) is 14.4 Å². The van der Waals surface area contributed by atoms with Crippen LogP contribution < -0.4 is 4.90 Å². The number of hydrogen-bond acceptors (Lipinski definition) is 5. The van der Waals surface area contributed by atoms with E-state index < -0.39 is 0 Å². The summed E-state index contributed by atoms with van der Waals surface area (Å²) < 4.78 is 2.77. The normalized spacial score (nSPS) is 11.4. The number of nitrogens with zero attached hydrogens (tertiary/aromatic N) is 5. The van der Waals surface area contributed by atoms with Crippen molar-refractivity contribution < 1.29 is 4.79 Å². The molecule has 3 rings (SSSR count). The molecule has 0 aliphatic heterocycles. The Kier molecular flexibility index (Phi) is 4.87. The molecule has 0 radical (unpaired) electrons.